The van der Waals surface area contributed by atoms with Gasteiger partial charge in [0.1, 0.15) is 0 Å². The van der Waals surface area contributed by atoms with E-state index in [1.165, 1.54) is 11.1 Å². The zero-order valence-corrected chi connectivity index (χ0v) is 10.8. The van der Waals surface area contributed by atoms with Gasteiger partial charge in [0.05, 0.1) is 0 Å². The molecule has 2 rings (SSSR count). The Kier molecular flexibility index (Phi) is 3.16. The van der Waals surface area contributed by atoms with E-state index in [-0.39, 0.29) is 0 Å². The van der Waals surface area contributed by atoms with E-state index in [0.29, 0.717) is 8.45 Å². The van der Waals surface area contributed by atoms with E-state index in [4.69, 9.17) is 9.30 Å². The average molecular weight is 242 g/mol. The predicted molar refractivity (Wildman–Crippen MR) is 59.2 cm³/mol. The number of allylic oxidation sites excluding steroid dienone is 1. The molecule has 14 heavy (non-hydrogen) atoms. The van der Waals surface area contributed by atoms with Gasteiger partial charge >= 0.3 is 96.0 Å². The van der Waals surface area contributed by atoms with Crippen molar-refractivity contribution in [3.63, 3.8) is 0 Å². The third kappa shape index (κ3) is 1.84. The normalized spacial score (nSPS) is 18.7. The van der Waals surface area contributed by atoms with E-state index in [9.17, 15) is 0 Å². The molecule has 0 saturated heterocycles. The Morgan fingerprint density at radius 3 is 2.71 bits per heavy atom. The summed E-state index contributed by atoms with van der Waals surface area (Å²) in [6.07, 6.45) is 4.52. The first-order valence-corrected chi connectivity index (χ1v) is 8.94. The molecule has 0 nitrogen and oxygen atoms in total. The Hall–Kier alpha value is -0.0357. The van der Waals surface area contributed by atoms with Crippen molar-refractivity contribution >= 4 is 15.4 Å². The summed E-state index contributed by atoms with van der Waals surface area (Å²) < 4.78 is 1.24. The van der Waals surface area contributed by atoms with Gasteiger partial charge in [-0.1, -0.05) is 0 Å². The van der Waals surface area contributed by atoms with Crippen molar-refractivity contribution < 1.29 is 16.8 Å². The van der Waals surface area contributed by atoms with Gasteiger partial charge in [-0.2, -0.15) is 0 Å². The molecule has 1 aliphatic rings. The van der Waals surface area contributed by atoms with Crippen LogP contribution in [0.2, 0.25) is 4.22 Å². The average Bonchev–Trinajstić information content (AvgIpc) is 2.60. The van der Waals surface area contributed by atoms with E-state index in [1.807, 2.05) is 0 Å². The summed E-state index contributed by atoms with van der Waals surface area (Å²) in [5.74, 6) is 0. The molecule has 1 unspecified atom stereocenters. The molecule has 73 valence electrons. The van der Waals surface area contributed by atoms with Crippen LogP contribution in [0, 0.1) is 0 Å². The molecule has 0 saturated carbocycles. The molecule has 0 aromatic heterocycles. The van der Waals surface area contributed by atoms with Gasteiger partial charge in [0.15, 0.2) is 0 Å². The number of fused-ring (bicyclic) bond motifs is 1. The first kappa shape index (κ1) is 10.5. The zero-order valence-electron chi connectivity index (χ0n) is 8.50. The molecule has 0 amide bonds. The third-order valence-electron chi connectivity index (χ3n) is 2.65. The van der Waals surface area contributed by atoms with Crippen LogP contribution in [0.3, 0.4) is 0 Å². The van der Waals surface area contributed by atoms with Gasteiger partial charge in [0.25, 0.3) is 0 Å². The van der Waals surface area contributed by atoms with Crippen LogP contribution in [0.15, 0.2) is 30.3 Å². The monoisotopic (exact) mass is 241 g/mol. The molecule has 0 fully saturated rings. The summed E-state index contributed by atoms with van der Waals surface area (Å²) in [4.78, 5) is 0. The van der Waals surface area contributed by atoms with Crippen LogP contribution in [-0.2, 0) is 16.8 Å². The second-order valence-corrected chi connectivity index (χ2v) is 9.78. The molecule has 1 atom stereocenters. The van der Waals surface area contributed by atoms with Crippen molar-refractivity contribution in [1.29, 1.82) is 0 Å². The van der Waals surface area contributed by atoms with Crippen LogP contribution in [0.25, 0.3) is 6.08 Å². The Bertz CT molecular complexity index is 357. The number of hydrogen-bond donors (Lipinski definition) is 0. The summed E-state index contributed by atoms with van der Waals surface area (Å²) in [7, 11) is 6.57. The number of benzene rings is 1. The Balaban J connectivity index is 2.30. The van der Waals surface area contributed by atoms with E-state index >= 15 is 0 Å². The Morgan fingerprint density at radius 1 is 1.29 bits per heavy atom. The minimum absolute atomic E-state index is 0.563. The standard InChI is InChI=1S/C9H7.C3H7.ClH.Ti/c1-2-5-9-7-3-6-8(9)4-1;1-3-2;;/h1-7H;3H,1-2H3;1H;/q;;;+1/p-1. The summed E-state index contributed by atoms with van der Waals surface area (Å²) in [5, 5.41) is 0. The van der Waals surface area contributed by atoms with Gasteiger partial charge in [0, 0.05) is 0 Å². The van der Waals surface area contributed by atoms with E-state index in [1.54, 1.807) is 0 Å². The molecular weight excluding hydrogens is 227 g/mol. The van der Waals surface area contributed by atoms with Crippen LogP contribution in [-0.4, -0.2) is 0 Å². The van der Waals surface area contributed by atoms with Crippen LogP contribution >= 0.6 is 9.30 Å². The van der Waals surface area contributed by atoms with Crippen LogP contribution in [0.4, 0.5) is 0 Å². The van der Waals surface area contributed by atoms with Crippen LogP contribution in [0.1, 0.15) is 29.2 Å². The topological polar surface area (TPSA) is 0 Å². The Labute approximate surface area is 95.7 Å². The van der Waals surface area contributed by atoms with Gasteiger partial charge in [-0.25, -0.2) is 0 Å². The van der Waals surface area contributed by atoms with Gasteiger partial charge < -0.3 is 0 Å². The first-order valence-electron chi connectivity index (χ1n) is 4.99. The molecule has 1 aromatic carbocycles. The molecule has 1 aromatic rings. The van der Waals surface area contributed by atoms with Crippen LogP contribution < -0.4 is 0 Å². The molecule has 0 aliphatic heterocycles. The minimum atomic E-state index is -1.46. The van der Waals surface area contributed by atoms with Gasteiger partial charge in [-0.15, -0.1) is 0 Å². The molecule has 0 spiro atoms. The van der Waals surface area contributed by atoms with Crippen molar-refractivity contribution in [2.75, 3.05) is 0 Å². The molecule has 0 bridgehead atoms. The van der Waals surface area contributed by atoms with Crippen molar-refractivity contribution in [3.05, 3.63) is 41.5 Å². The molecule has 0 radical (unpaired) electrons. The summed E-state index contributed by atoms with van der Waals surface area (Å²) >= 11 is -1.46. The van der Waals surface area contributed by atoms with E-state index in [0.717, 1.165) is 0 Å². The van der Waals surface area contributed by atoms with Crippen molar-refractivity contribution in [2.24, 2.45) is 0 Å². The predicted octanol–water partition coefficient (Wildman–Crippen LogP) is 4.35. The van der Waals surface area contributed by atoms with Crippen molar-refractivity contribution in [2.45, 2.75) is 22.3 Å². The second-order valence-electron chi connectivity index (χ2n) is 4.01. The van der Waals surface area contributed by atoms with Gasteiger partial charge in [0.2, 0.25) is 0 Å². The van der Waals surface area contributed by atoms with Gasteiger partial charge in [-0.3, -0.25) is 0 Å². The van der Waals surface area contributed by atoms with Gasteiger partial charge in [-0.05, 0) is 0 Å². The maximum absolute atomic E-state index is 6.57. The SMILES string of the molecule is C[CH](C)[Ti]([Cl])[CH]1C=Cc2ccccc21. The fraction of sp³-hybridized carbons (Fsp3) is 0.333. The fourth-order valence-corrected chi connectivity index (χ4v) is 5.07. The number of halogens is 1. The molecular formula is C12H14ClTi. The van der Waals surface area contributed by atoms with Crippen molar-refractivity contribution in [1.82, 2.24) is 0 Å². The first-order chi connectivity index (χ1) is 6.70. The molecule has 0 heterocycles. The van der Waals surface area contributed by atoms with Crippen molar-refractivity contribution in [3.8, 4) is 0 Å². The number of rotatable bonds is 2. The molecule has 2 heteroatoms. The second kappa shape index (κ2) is 4.22. The zero-order chi connectivity index (χ0) is 10.1. The number of hydrogen-bond acceptors (Lipinski definition) is 0. The summed E-state index contributed by atoms with van der Waals surface area (Å²) in [6.45, 7) is 4.49. The maximum atomic E-state index is 6.57. The summed E-state index contributed by atoms with van der Waals surface area (Å²) in [6, 6.07) is 8.60. The van der Waals surface area contributed by atoms with Crippen LogP contribution in [0.5, 0.6) is 0 Å². The van der Waals surface area contributed by atoms with E-state index < -0.39 is 16.8 Å². The molecule has 0 N–H and O–H groups in total. The molecule has 1 aliphatic carbocycles. The quantitative estimate of drug-likeness (QED) is 0.675. The third-order valence-corrected chi connectivity index (χ3v) is 8.85. The fourth-order valence-electron chi connectivity index (χ4n) is 1.85. The summed E-state index contributed by atoms with van der Waals surface area (Å²) in [5.41, 5.74) is 2.81. The van der Waals surface area contributed by atoms with E-state index in [2.05, 4.69) is 50.3 Å². The Morgan fingerprint density at radius 2 is 2.00 bits per heavy atom.